The number of hydrogen-bond donors (Lipinski definition) is 1. The molecule has 0 fully saturated rings. The molecule has 0 bridgehead atoms. The maximum Gasteiger partial charge on any atom is 0.264 e. The van der Waals surface area contributed by atoms with Gasteiger partial charge in [-0.05, 0) is 68.1 Å². The molecule has 2 aromatic carbocycles. The van der Waals surface area contributed by atoms with Crippen molar-refractivity contribution in [2.45, 2.75) is 39.0 Å². The van der Waals surface area contributed by atoms with Crippen LogP contribution in [0.4, 0.5) is 5.69 Å². The molecule has 146 valence electrons. The highest BCUT2D eigenvalue weighted by molar-refractivity contribution is 7.92. The molecule has 2 aromatic rings. The van der Waals surface area contributed by atoms with Crippen molar-refractivity contribution >= 4 is 21.6 Å². The van der Waals surface area contributed by atoms with Crippen molar-refractivity contribution in [1.82, 2.24) is 5.32 Å². The Kier molecular flexibility index (Phi) is 7.02. The van der Waals surface area contributed by atoms with Crippen molar-refractivity contribution in [3.8, 4) is 0 Å². The number of rotatable bonds is 8. The number of nitrogens with one attached hydrogen (secondary N) is 1. The maximum atomic E-state index is 13.0. The average molecular weight is 389 g/mol. The van der Waals surface area contributed by atoms with E-state index in [1.807, 2.05) is 25.1 Å². The van der Waals surface area contributed by atoms with Gasteiger partial charge in [0, 0.05) is 18.7 Å². The lowest BCUT2D eigenvalue weighted by Gasteiger charge is -2.23. The first-order valence-corrected chi connectivity index (χ1v) is 10.7. The molecule has 0 aromatic heterocycles. The van der Waals surface area contributed by atoms with Crippen LogP contribution in [0.25, 0.3) is 0 Å². The van der Waals surface area contributed by atoms with E-state index in [1.54, 1.807) is 25.1 Å². The number of anilines is 1. The van der Waals surface area contributed by atoms with Gasteiger partial charge in [0.15, 0.2) is 0 Å². The number of benzene rings is 2. The van der Waals surface area contributed by atoms with Crippen LogP contribution < -0.4 is 9.62 Å². The number of aryl methyl sites for hydroxylation is 1. The number of sulfonamides is 1. The molecule has 0 radical (unpaired) electrons. The van der Waals surface area contributed by atoms with Crippen LogP contribution in [-0.2, 0) is 10.0 Å². The first-order chi connectivity index (χ1) is 12.8. The Labute approximate surface area is 162 Å². The van der Waals surface area contributed by atoms with Crippen molar-refractivity contribution < 1.29 is 13.2 Å². The Balaban J connectivity index is 2.20. The van der Waals surface area contributed by atoms with Gasteiger partial charge >= 0.3 is 0 Å². The summed E-state index contributed by atoms with van der Waals surface area (Å²) in [5.74, 6) is 0.324. The molecule has 1 N–H and O–H groups in total. The van der Waals surface area contributed by atoms with E-state index in [0.717, 1.165) is 12.0 Å². The van der Waals surface area contributed by atoms with Crippen LogP contribution in [0.2, 0.25) is 0 Å². The van der Waals surface area contributed by atoms with Gasteiger partial charge in [0.05, 0.1) is 10.6 Å². The standard InChI is InChI=1S/C21H28N2O3S/c1-5-23(19-8-6-7-17(4)15-19)27(25,26)20-11-9-18(10-12-20)21(24)22-14-13-16(2)3/h6-12,15-16H,5,13-14H2,1-4H3,(H,22,24). The molecule has 0 spiro atoms. The van der Waals surface area contributed by atoms with Gasteiger partial charge in [-0.2, -0.15) is 0 Å². The van der Waals surface area contributed by atoms with E-state index in [9.17, 15) is 13.2 Å². The molecule has 0 aliphatic carbocycles. The molecule has 0 atom stereocenters. The van der Waals surface area contributed by atoms with Crippen LogP contribution in [0.3, 0.4) is 0 Å². The molecular weight excluding hydrogens is 360 g/mol. The summed E-state index contributed by atoms with van der Waals surface area (Å²) < 4.78 is 27.4. The van der Waals surface area contributed by atoms with Crippen LogP contribution in [0, 0.1) is 12.8 Å². The third-order valence-corrected chi connectivity index (χ3v) is 6.21. The zero-order valence-electron chi connectivity index (χ0n) is 16.4. The monoisotopic (exact) mass is 388 g/mol. The number of amides is 1. The van der Waals surface area contributed by atoms with Gasteiger partial charge in [-0.3, -0.25) is 9.10 Å². The second-order valence-electron chi connectivity index (χ2n) is 6.97. The highest BCUT2D eigenvalue weighted by Crippen LogP contribution is 2.24. The topological polar surface area (TPSA) is 66.5 Å². The van der Waals surface area contributed by atoms with E-state index >= 15 is 0 Å². The van der Waals surface area contributed by atoms with Gasteiger partial charge in [-0.15, -0.1) is 0 Å². The van der Waals surface area contributed by atoms with Crippen molar-refractivity contribution in [2.24, 2.45) is 5.92 Å². The summed E-state index contributed by atoms with van der Waals surface area (Å²) in [6.07, 6.45) is 0.903. The molecule has 2 rings (SSSR count). The smallest absolute Gasteiger partial charge is 0.264 e. The lowest BCUT2D eigenvalue weighted by atomic mass is 10.1. The molecule has 0 aliphatic rings. The maximum absolute atomic E-state index is 13.0. The Morgan fingerprint density at radius 2 is 1.78 bits per heavy atom. The van der Waals surface area contributed by atoms with E-state index in [-0.39, 0.29) is 10.8 Å². The van der Waals surface area contributed by atoms with Crippen molar-refractivity contribution in [1.29, 1.82) is 0 Å². The third-order valence-electron chi connectivity index (χ3n) is 4.29. The van der Waals surface area contributed by atoms with Gasteiger partial charge in [-0.25, -0.2) is 8.42 Å². The van der Waals surface area contributed by atoms with Gasteiger partial charge in [-0.1, -0.05) is 26.0 Å². The minimum atomic E-state index is -3.69. The fraction of sp³-hybridized carbons (Fsp3) is 0.381. The van der Waals surface area contributed by atoms with E-state index in [0.29, 0.717) is 30.3 Å². The second kappa shape index (κ2) is 9.04. The molecule has 0 saturated heterocycles. The van der Waals surface area contributed by atoms with E-state index < -0.39 is 10.0 Å². The van der Waals surface area contributed by atoms with E-state index in [1.165, 1.54) is 16.4 Å². The lowest BCUT2D eigenvalue weighted by molar-refractivity contribution is 0.0952. The fourth-order valence-electron chi connectivity index (χ4n) is 2.76. The Hall–Kier alpha value is -2.34. The summed E-state index contributed by atoms with van der Waals surface area (Å²) in [4.78, 5) is 12.3. The first-order valence-electron chi connectivity index (χ1n) is 9.23. The molecule has 6 heteroatoms. The Morgan fingerprint density at radius 1 is 1.11 bits per heavy atom. The number of carbonyl (C=O) groups excluding carboxylic acids is 1. The van der Waals surface area contributed by atoms with E-state index in [4.69, 9.17) is 0 Å². The highest BCUT2D eigenvalue weighted by Gasteiger charge is 2.23. The van der Waals surface area contributed by atoms with Crippen molar-refractivity contribution in [3.63, 3.8) is 0 Å². The van der Waals surface area contributed by atoms with Crippen LogP contribution in [0.5, 0.6) is 0 Å². The molecule has 0 unspecified atom stereocenters. The Morgan fingerprint density at radius 3 is 2.33 bits per heavy atom. The minimum absolute atomic E-state index is 0.171. The molecule has 1 amide bonds. The largest absolute Gasteiger partial charge is 0.352 e. The van der Waals surface area contributed by atoms with Crippen LogP contribution >= 0.6 is 0 Å². The van der Waals surface area contributed by atoms with Crippen LogP contribution in [0.1, 0.15) is 43.1 Å². The predicted molar refractivity (Wildman–Crippen MR) is 110 cm³/mol. The second-order valence-corrected chi connectivity index (χ2v) is 8.83. The first kappa shape index (κ1) is 21.0. The normalized spacial score (nSPS) is 11.4. The van der Waals surface area contributed by atoms with Crippen LogP contribution in [0.15, 0.2) is 53.4 Å². The molecule has 27 heavy (non-hydrogen) atoms. The molecule has 0 aliphatic heterocycles. The van der Waals surface area contributed by atoms with E-state index in [2.05, 4.69) is 19.2 Å². The summed E-state index contributed by atoms with van der Waals surface area (Å²) >= 11 is 0. The minimum Gasteiger partial charge on any atom is -0.352 e. The fourth-order valence-corrected chi connectivity index (χ4v) is 4.22. The summed E-state index contributed by atoms with van der Waals surface area (Å²) in [6, 6.07) is 13.5. The van der Waals surface area contributed by atoms with Crippen LogP contribution in [-0.4, -0.2) is 27.4 Å². The highest BCUT2D eigenvalue weighted by atomic mass is 32.2. The zero-order chi connectivity index (χ0) is 20.0. The quantitative estimate of drug-likeness (QED) is 0.744. The molecular formula is C21H28N2O3S. The summed E-state index contributed by atoms with van der Waals surface area (Å²) in [6.45, 7) is 8.85. The predicted octanol–water partition coefficient (Wildman–Crippen LogP) is 3.99. The van der Waals surface area contributed by atoms with Gasteiger partial charge < -0.3 is 5.32 Å². The van der Waals surface area contributed by atoms with Gasteiger partial charge in [0.25, 0.3) is 15.9 Å². The molecule has 5 nitrogen and oxygen atoms in total. The molecule has 0 heterocycles. The summed E-state index contributed by atoms with van der Waals surface area (Å²) in [5.41, 5.74) is 2.08. The summed E-state index contributed by atoms with van der Waals surface area (Å²) in [7, 11) is -3.69. The van der Waals surface area contributed by atoms with Crippen molar-refractivity contribution in [2.75, 3.05) is 17.4 Å². The lowest BCUT2D eigenvalue weighted by Crippen LogP contribution is -2.31. The van der Waals surface area contributed by atoms with Gasteiger partial charge in [0.1, 0.15) is 0 Å². The number of carbonyl (C=O) groups is 1. The summed E-state index contributed by atoms with van der Waals surface area (Å²) in [5, 5.41) is 2.86. The number of hydrogen-bond acceptors (Lipinski definition) is 3. The number of nitrogens with zero attached hydrogens (tertiary/aromatic N) is 1. The third kappa shape index (κ3) is 5.32. The zero-order valence-corrected chi connectivity index (χ0v) is 17.2. The van der Waals surface area contributed by atoms with Gasteiger partial charge in [0.2, 0.25) is 0 Å². The Bertz CT molecular complexity index is 875. The molecule has 0 saturated carbocycles. The van der Waals surface area contributed by atoms with Crippen molar-refractivity contribution in [3.05, 3.63) is 59.7 Å². The SMILES string of the molecule is CCN(c1cccc(C)c1)S(=O)(=O)c1ccc(C(=O)NCCC(C)C)cc1. The average Bonchev–Trinajstić information content (AvgIpc) is 2.62.